The molecule has 4 rings (SSSR count). The van der Waals surface area contributed by atoms with Crippen LogP contribution in [0.4, 0.5) is 11.5 Å². The molecule has 1 aliphatic rings. The summed E-state index contributed by atoms with van der Waals surface area (Å²) >= 11 is 0. The molecule has 3 nitrogen and oxygen atoms in total. The number of aryl methyl sites for hydroxylation is 2. The summed E-state index contributed by atoms with van der Waals surface area (Å²) in [6.07, 6.45) is 1.61. The van der Waals surface area contributed by atoms with E-state index in [9.17, 15) is 5.11 Å². The number of benzene rings is 2. The predicted octanol–water partition coefficient (Wildman–Crippen LogP) is 4.56. The maximum Gasteiger partial charge on any atom is 0.133 e. The van der Waals surface area contributed by atoms with E-state index in [-0.39, 0.29) is 0 Å². The highest BCUT2D eigenvalue weighted by atomic mass is 16.3. The quantitative estimate of drug-likeness (QED) is 0.765. The van der Waals surface area contributed by atoms with E-state index in [4.69, 9.17) is 4.98 Å². The van der Waals surface area contributed by atoms with Gasteiger partial charge in [0.1, 0.15) is 11.9 Å². The molecule has 0 bridgehead atoms. The summed E-state index contributed by atoms with van der Waals surface area (Å²) in [6.45, 7) is 2.95. The Morgan fingerprint density at radius 3 is 2.52 bits per heavy atom. The Morgan fingerprint density at radius 1 is 0.960 bits per heavy atom. The lowest BCUT2D eigenvalue weighted by Crippen LogP contribution is -2.25. The second kappa shape index (κ2) is 6.69. The van der Waals surface area contributed by atoms with Crippen molar-refractivity contribution < 1.29 is 5.11 Å². The van der Waals surface area contributed by atoms with Gasteiger partial charge in [-0.1, -0.05) is 54.6 Å². The van der Waals surface area contributed by atoms with Crippen molar-refractivity contribution in [1.29, 1.82) is 0 Å². The summed E-state index contributed by atoms with van der Waals surface area (Å²) in [5, 5.41) is 10.7. The summed E-state index contributed by atoms with van der Waals surface area (Å²) in [7, 11) is 0. The van der Waals surface area contributed by atoms with Crippen LogP contribution in [-0.2, 0) is 6.42 Å². The fraction of sp³-hybridized carbons (Fsp3) is 0.227. The van der Waals surface area contributed by atoms with E-state index < -0.39 is 6.10 Å². The van der Waals surface area contributed by atoms with Crippen molar-refractivity contribution in [1.82, 2.24) is 4.98 Å². The number of fused-ring (bicyclic) bond motifs is 1. The van der Waals surface area contributed by atoms with Crippen LogP contribution >= 0.6 is 0 Å². The molecule has 1 atom stereocenters. The summed E-state index contributed by atoms with van der Waals surface area (Å²) < 4.78 is 0. The van der Waals surface area contributed by atoms with Crippen LogP contribution in [0.2, 0.25) is 0 Å². The molecular weight excluding hydrogens is 308 g/mol. The third-order valence-electron chi connectivity index (χ3n) is 4.91. The van der Waals surface area contributed by atoms with Crippen LogP contribution in [0.3, 0.4) is 0 Å². The van der Waals surface area contributed by atoms with E-state index in [1.165, 1.54) is 11.3 Å². The number of para-hydroxylation sites is 1. The maximum absolute atomic E-state index is 10.7. The van der Waals surface area contributed by atoms with E-state index in [1.807, 2.05) is 49.4 Å². The van der Waals surface area contributed by atoms with Crippen LogP contribution in [0.15, 0.2) is 66.7 Å². The third-order valence-corrected chi connectivity index (χ3v) is 4.91. The summed E-state index contributed by atoms with van der Waals surface area (Å²) in [4.78, 5) is 7.09. The van der Waals surface area contributed by atoms with E-state index in [2.05, 4.69) is 29.2 Å². The Morgan fingerprint density at radius 2 is 1.72 bits per heavy atom. The smallest absolute Gasteiger partial charge is 0.133 e. The number of aliphatic hydroxyl groups excluding tert-OH is 1. The number of pyridine rings is 1. The summed E-state index contributed by atoms with van der Waals surface area (Å²) in [5.74, 6) is 0.952. The van der Waals surface area contributed by atoms with E-state index in [0.717, 1.165) is 42.0 Å². The van der Waals surface area contributed by atoms with Crippen molar-refractivity contribution in [2.45, 2.75) is 25.9 Å². The van der Waals surface area contributed by atoms with Crippen molar-refractivity contribution in [3.8, 4) is 0 Å². The molecule has 0 amide bonds. The van der Waals surface area contributed by atoms with E-state index in [1.54, 1.807) is 0 Å². The molecule has 0 unspecified atom stereocenters. The van der Waals surface area contributed by atoms with Gasteiger partial charge in [0, 0.05) is 23.5 Å². The second-order valence-corrected chi connectivity index (χ2v) is 6.54. The van der Waals surface area contributed by atoms with Crippen molar-refractivity contribution in [3.05, 3.63) is 89.1 Å². The average Bonchev–Trinajstić information content (AvgIpc) is 2.67. The molecule has 1 aromatic heterocycles. The molecule has 2 aromatic carbocycles. The van der Waals surface area contributed by atoms with Crippen LogP contribution in [0.25, 0.3) is 0 Å². The molecule has 25 heavy (non-hydrogen) atoms. The van der Waals surface area contributed by atoms with E-state index in [0.29, 0.717) is 0 Å². The van der Waals surface area contributed by atoms with Gasteiger partial charge in [0.05, 0.1) is 0 Å². The molecule has 2 heterocycles. The van der Waals surface area contributed by atoms with E-state index >= 15 is 0 Å². The first-order valence-electron chi connectivity index (χ1n) is 8.80. The number of hydrogen-bond donors (Lipinski definition) is 1. The van der Waals surface area contributed by atoms with Crippen LogP contribution < -0.4 is 4.90 Å². The third kappa shape index (κ3) is 3.03. The Labute approximate surface area is 148 Å². The Bertz CT molecular complexity index is 876. The molecule has 1 N–H and O–H groups in total. The fourth-order valence-electron chi connectivity index (χ4n) is 3.58. The first-order chi connectivity index (χ1) is 12.2. The first kappa shape index (κ1) is 15.9. The minimum atomic E-state index is -0.642. The van der Waals surface area contributed by atoms with Crippen LogP contribution in [0.1, 0.15) is 34.9 Å². The Kier molecular flexibility index (Phi) is 4.24. The minimum absolute atomic E-state index is 0.642. The lowest BCUT2D eigenvalue weighted by molar-refractivity contribution is 0.219. The van der Waals surface area contributed by atoms with Gasteiger partial charge in [0.2, 0.25) is 0 Å². The van der Waals surface area contributed by atoms with Gasteiger partial charge in [-0.05, 0) is 43.0 Å². The zero-order chi connectivity index (χ0) is 17.2. The van der Waals surface area contributed by atoms with Gasteiger partial charge in [-0.3, -0.25) is 0 Å². The van der Waals surface area contributed by atoms with Crippen LogP contribution in [0, 0.1) is 6.92 Å². The molecule has 0 saturated heterocycles. The molecule has 0 aliphatic carbocycles. The van der Waals surface area contributed by atoms with Crippen LogP contribution in [-0.4, -0.2) is 16.6 Å². The molecule has 0 radical (unpaired) electrons. The number of hydrogen-bond acceptors (Lipinski definition) is 3. The standard InChI is InChI=1S/C22H22N2O/c1-16-19(22(25)18-9-3-2-4-10-18)13-14-21(23-16)24-15-7-11-17-8-5-6-12-20(17)24/h2-6,8-10,12-14,22,25H,7,11,15H2,1H3/t22-/m0/s1. The molecule has 126 valence electrons. The van der Waals surface area contributed by atoms with Gasteiger partial charge in [-0.15, -0.1) is 0 Å². The van der Waals surface area contributed by atoms with Crippen molar-refractivity contribution >= 4 is 11.5 Å². The van der Waals surface area contributed by atoms with Gasteiger partial charge in [0.25, 0.3) is 0 Å². The number of aromatic nitrogens is 1. The molecule has 3 heteroatoms. The molecule has 0 fully saturated rings. The van der Waals surface area contributed by atoms with Gasteiger partial charge in [-0.2, -0.15) is 0 Å². The van der Waals surface area contributed by atoms with Crippen molar-refractivity contribution in [3.63, 3.8) is 0 Å². The topological polar surface area (TPSA) is 36.4 Å². The van der Waals surface area contributed by atoms with Gasteiger partial charge in [0.15, 0.2) is 0 Å². The minimum Gasteiger partial charge on any atom is -0.384 e. The monoisotopic (exact) mass is 330 g/mol. The summed E-state index contributed by atoms with van der Waals surface area (Å²) in [5.41, 5.74) is 5.25. The molecule has 0 spiro atoms. The van der Waals surface area contributed by atoms with Crippen molar-refractivity contribution in [2.75, 3.05) is 11.4 Å². The second-order valence-electron chi connectivity index (χ2n) is 6.54. The highest BCUT2D eigenvalue weighted by Crippen LogP contribution is 2.33. The lowest BCUT2D eigenvalue weighted by Gasteiger charge is -2.31. The molecular formula is C22H22N2O. The summed E-state index contributed by atoms with van der Waals surface area (Å²) in [6, 6.07) is 22.3. The van der Waals surface area contributed by atoms with Gasteiger partial charge in [-0.25, -0.2) is 4.98 Å². The predicted molar refractivity (Wildman–Crippen MR) is 101 cm³/mol. The van der Waals surface area contributed by atoms with Gasteiger partial charge < -0.3 is 10.0 Å². The first-order valence-corrected chi connectivity index (χ1v) is 8.80. The number of nitrogens with zero attached hydrogens (tertiary/aromatic N) is 2. The number of aliphatic hydroxyl groups is 1. The fourth-order valence-corrected chi connectivity index (χ4v) is 3.58. The normalized spacial score (nSPS) is 14.9. The number of anilines is 2. The van der Waals surface area contributed by atoms with Crippen LogP contribution in [0.5, 0.6) is 0 Å². The zero-order valence-electron chi connectivity index (χ0n) is 14.4. The molecule has 0 saturated carbocycles. The number of rotatable bonds is 3. The SMILES string of the molecule is Cc1nc(N2CCCc3ccccc32)ccc1[C@@H](O)c1ccccc1. The Balaban J connectivity index is 1.67. The molecule has 3 aromatic rings. The lowest BCUT2D eigenvalue weighted by atomic mass is 9.99. The largest absolute Gasteiger partial charge is 0.384 e. The zero-order valence-corrected chi connectivity index (χ0v) is 14.4. The highest BCUT2D eigenvalue weighted by molar-refractivity contribution is 5.65. The average molecular weight is 330 g/mol. The molecule has 1 aliphatic heterocycles. The Hall–Kier alpha value is -2.65. The van der Waals surface area contributed by atoms with Gasteiger partial charge >= 0.3 is 0 Å². The van der Waals surface area contributed by atoms with Crippen molar-refractivity contribution in [2.24, 2.45) is 0 Å². The maximum atomic E-state index is 10.7. The highest BCUT2D eigenvalue weighted by Gasteiger charge is 2.20.